The number of aromatic nitrogens is 4. The van der Waals surface area contributed by atoms with Gasteiger partial charge in [-0.15, -0.1) is 0 Å². The molecule has 2 amide bonds. The fourth-order valence-corrected chi connectivity index (χ4v) is 6.59. The maximum absolute atomic E-state index is 12.5. The van der Waals surface area contributed by atoms with Crippen LogP contribution in [-0.2, 0) is 13.0 Å². The predicted octanol–water partition coefficient (Wildman–Crippen LogP) is 5.94. The molecule has 0 radical (unpaired) electrons. The zero-order valence-electron chi connectivity index (χ0n) is 31.7. The molecular weight excluding hydrogens is 725 g/mol. The second-order valence-electron chi connectivity index (χ2n) is 14.0. The van der Waals surface area contributed by atoms with E-state index in [0.29, 0.717) is 57.3 Å². The molecule has 14 nitrogen and oxygen atoms in total. The van der Waals surface area contributed by atoms with Gasteiger partial charge in [0, 0.05) is 125 Å². The van der Waals surface area contributed by atoms with E-state index in [-0.39, 0.29) is 17.7 Å². The highest BCUT2D eigenvalue weighted by atomic mass is 16.6. The zero-order chi connectivity index (χ0) is 39.6. The number of carboxylic acid groups (broad SMARTS) is 1. The molecule has 2 aromatic carbocycles. The molecule has 292 valence electrons. The van der Waals surface area contributed by atoms with Crippen molar-refractivity contribution in [3.8, 4) is 11.5 Å². The standard InChI is InChI=1S/C22H24N4O2.C21H20N4O4/c1-17-4-6-19(24-16-17)8-10-25-11-13-26(14-12-25)22(27)28-20-7-5-18-3-2-9-23-21(18)15-20;26-20(27)16-3-5-17(23-13-16)14-24-8-10-25(11-9-24)21(28)29-18-6-4-15-2-1-7-22-19(15)12-18/h2-7,9,15-16H,8,10-14H2,1H3;1-7,12-13H,8-11,14H2,(H,26,27). The highest BCUT2D eigenvalue weighted by Gasteiger charge is 2.24. The number of piperazine rings is 2. The van der Waals surface area contributed by atoms with Crippen molar-refractivity contribution in [1.82, 2.24) is 39.5 Å². The molecule has 2 fully saturated rings. The first-order chi connectivity index (χ1) is 27.8. The topological polar surface area (TPSA) is 154 Å². The molecule has 0 bridgehead atoms. The molecular formula is C43H44N8O6. The Morgan fingerprint density at radius 1 is 0.614 bits per heavy atom. The van der Waals surface area contributed by atoms with Crippen molar-refractivity contribution in [2.24, 2.45) is 0 Å². The van der Waals surface area contributed by atoms with E-state index in [0.717, 1.165) is 59.2 Å². The van der Waals surface area contributed by atoms with Crippen molar-refractivity contribution >= 4 is 40.0 Å². The number of hydrogen-bond donors (Lipinski definition) is 1. The fraction of sp³-hybridized carbons (Fsp3) is 0.279. The molecule has 2 aliphatic rings. The van der Waals surface area contributed by atoms with E-state index in [4.69, 9.17) is 14.6 Å². The van der Waals surface area contributed by atoms with Crippen LogP contribution in [0.3, 0.4) is 0 Å². The Kier molecular flexibility index (Phi) is 12.5. The first-order valence-corrected chi connectivity index (χ1v) is 18.9. The summed E-state index contributed by atoms with van der Waals surface area (Å²) in [4.78, 5) is 61.1. The average molecular weight is 769 g/mol. The summed E-state index contributed by atoms with van der Waals surface area (Å²) in [6, 6.07) is 26.1. The number of amides is 2. The van der Waals surface area contributed by atoms with E-state index in [1.54, 1.807) is 52.5 Å². The lowest BCUT2D eigenvalue weighted by Crippen LogP contribution is -2.49. The second kappa shape index (κ2) is 18.4. The third kappa shape index (κ3) is 10.6. The average Bonchev–Trinajstić information content (AvgIpc) is 3.24. The Balaban J connectivity index is 0.000000174. The van der Waals surface area contributed by atoms with Crippen molar-refractivity contribution in [3.63, 3.8) is 0 Å². The van der Waals surface area contributed by atoms with Crippen molar-refractivity contribution in [2.75, 3.05) is 58.9 Å². The summed E-state index contributed by atoms with van der Waals surface area (Å²) in [7, 11) is 0. The molecule has 6 aromatic rings. The summed E-state index contributed by atoms with van der Waals surface area (Å²) < 4.78 is 11.1. The number of fused-ring (bicyclic) bond motifs is 2. The summed E-state index contributed by atoms with van der Waals surface area (Å²) in [6.45, 7) is 9.14. The molecule has 2 aliphatic heterocycles. The first-order valence-electron chi connectivity index (χ1n) is 18.9. The number of carbonyl (C=O) groups excluding carboxylic acids is 2. The van der Waals surface area contributed by atoms with E-state index < -0.39 is 5.97 Å². The molecule has 6 heterocycles. The van der Waals surface area contributed by atoms with Crippen molar-refractivity contribution in [1.29, 1.82) is 0 Å². The van der Waals surface area contributed by atoms with E-state index in [2.05, 4.69) is 41.9 Å². The van der Waals surface area contributed by atoms with Gasteiger partial charge < -0.3 is 24.4 Å². The van der Waals surface area contributed by atoms with Gasteiger partial charge in [-0.05, 0) is 67.1 Å². The molecule has 0 unspecified atom stereocenters. The number of nitrogens with zero attached hydrogens (tertiary/aromatic N) is 8. The number of aromatic carboxylic acids is 1. The van der Waals surface area contributed by atoms with Crippen molar-refractivity contribution < 1.29 is 29.0 Å². The van der Waals surface area contributed by atoms with Crippen LogP contribution in [0.5, 0.6) is 11.5 Å². The minimum absolute atomic E-state index is 0.171. The van der Waals surface area contributed by atoms with Gasteiger partial charge in [-0.1, -0.05) is 18.2 Å². The number of aryl methyl sites for hydroxylation is 1. The zero-order valence-corrected chi connectivity index (χ0v) is 31.7. The third-order valence-corrected chi connectivity index (χ3v) is 9.94. The highest BCUT2D eigenvalue weighted by Crippen LogP contribution is 2.21. The summed E-state index contributed by atoms with van der Waals surface area (Å²) in [5.41, 5.74) is 4.86. The van der Waals surface area contributed by atoms with Gasteiger partial charge in [-0.2, -0.15) is 0 Å². The van der Waals surface area contributed by atoms with Gasteiger partial charge in [-0.3, -0.25) is 29.7 Å². The third-order valence-electron chi connectivity index (χ3n) is 9.94. The van der Waals surface area contributed by atoms with E-state index in [1.807, 2.05) is 55.6 Å². The lowest BCUT2D eigenvalue weighted by Gasteiger charge is -2.33. The van der Waals surface area contributed by atoms with Gasteiger partial charge >= 0.3 is 18.2 Å². The molecule has 0 saturated carbocycles. The highest BCUT2D eigenvalue weighted by molar-refractivity contribution is 5.87. The van der Waals surface area contributed by atoms with Crippen molar-refractivity contribution in [2.45, 2.75) is 19.9 Å². The Bertz CT molecular complexity index is 2310. The lowest BCUT2D eigenvalue weighted by atomic mass is 10.2. The molecule has 2 saturated heterocycles. The quantitative estimate of drug-likeness (QED) is 0.195. The molecule has 4 aromatic heterocycles. The summed E-state index contributed by atoms with van der Waals surface area (Å²) in [5.74, 6) is 0.0220. The normalized spacial score (nSPS) is 14.8. The Morgan fingerprint density at radius 2 is 1.16 bits per heavy atom. The van der Waals surface area contributed by atoms with Crippen LogP contribution < -0.4 is 9.47 Å². The molecule has 0 spiro atoms. The maximum Gasteiger partial charge on any atom is 0.415 e. The molecule has 14 heteroatoms. The van der Waals surface area contributed by atoms with Crippen LogP contribution in [0.4, 0.5) is 9.59 Å². The summed E-state index contributed by atoms with van der Waals surface area (Å²) in [6.07, 6.45) is 6.97. The van der Waals surface area contributed by atoms with Crippen LogP contribution in [0.2, 0.25) is 0 Å². The largest absolute Gasteiger partial charge is 0.478 e. The minimum atomic E-state index is -0.988. The number of pyridine rings is 4. The van der Waals surface area contributed by atoms with Crippen LogP contribution in [0.1, 0.15) is 27.3 Å². The van der Waals surface area contributed by atoms with E-state index in [9.17, 15) is 14.4 Å². The summed E-state index contributed by atoms with van der Waals surface area (Å²) >= 11 is 0. The van der Waals surface area contributed by atoms with Crippen LogP contribution in [0.15, 0.2) is 110 Å². The van der Waals surface area contributed by atoms with E-state index in [1.165, 1.54) is 11.8 Å². The monoisotopic (exact) mass is 768 g/mol. The van der Waals surface area contributed by atoms with Gasteiger partial charge in [0.25, 0.3) is 0 Å². The number of rotatable bonds is 8. The molecule has 8 rings (SSSR count). The van der Waals surface area contributed by atoms with Crippen LogP contribution in [0.25, 0.3) is 21.8 Å². The summed E-state index contributed by atoms with van der Waals surface area (Å²) in [5, 5.41) is 11.0. The molecule has 1 N–H and O–H groups in total. The number of carbonyl (C=O) groups is 3. The molecule has 57 heavy (non-hydrogen) atoms. The van der Waals surface area contributed by atoms with Crippen LogP contribution >= 0.6 is 0 Å². The Morgan fingerprint density at radius 3 is 1.67 bits per heavy atom. The number of carboxylic acids is 1. The molecule has 0 aliphatic carbocycles. The van der Waals surface area contributed by atoms with Gasteiger partial charge in [0.05, 0.1) is 22.3 Å². The van der Waals surface area contributed by atoms with Crippen LogP contribution in [-0.4, -0.2) is 122 Å². The van der Waals surface area contributed by atoms with Crippen molar-refractivity contribution in [3.05, 3.63) is 132 Å². The number of benzene rings is 2. The SMILES string of the molecule is Cc1ccc(CCN2CCN(C(=O)Oc3ccc4cccnc4c3)CC2)nc1.O=C(O)c1ccc(CN2CCN(C(=O)Oc3ccc4cccnc4c3)CC2)nc1. The van der Waals surface area contributed by atoms with Gasteiger partial charge in [0.1, 0.15) is 11.5 Å². The van der Waals surface area contributed by atoms with Crippen LogP contribution in [0, 0.1) is 6.92 Å². The lowest BCUT2D eigenvalue weighted by molar-refractivity contribution is 0.0696. The minimum Gasteiger partial charge on any atom is -0.478 e. The fourth-order valence-electron chi connectivity index (χ4n) is 6.59. The van der Waals surface area contributed by atoms with Gasteiger partial charge in [0.2, 0.25) is 0 Å². The maximum atomic E-state index is 12.5. The van der Waals surface area contributed by atoms with E-state index >= 15 is 0 Å². The van der Waals surface area contributed by atoms with Gasteiger partial charge in [0.15, 0.2) is 0 Å². The van der Waals surface area contributed by atoms with Gasteiger partial charge in [-0.25, -0.2) is 14.4 Å². The predicted molar refractivity (Wildman–Crippen MR) is 214 cm³/mol. The number of hydrogen-bond acceptors (Lipinski definition) is 11. The second-order valence-corrected chi connectivity index (χ2v) is 14.0. The first kappa shape index (κ1) is 38.8. The Hall–Kier alpha value is -6.51. The molecule has 0 atom stereocenters. The number of ether oxygens (including phenoxy) is 2. The Labute approximate surface area is 330 Å². The smallest absolute Gasteiger partial charge is 0.415 e.